The van der Waals surface area contributed by atoms with Gasteiger partial charge in [0.15, 0.2) is 5.78 Å². The SMILES string of the molecule is CC1CCC(CN)(C(=O)COC(C)C)CC1. The predicted molar refractivity (Wildman–Crippen MR) is 65.2 cm³/mol. The number of carbonyl (C=O) groups excluding carboxylic acids is 1. The summed E-state index contributed by atoms with van der Waals surface area (Å²) in [6.07, 6.45) is 4.21. The quantitative estimate of drug-likeness (QED) is 0.783. The molecule has 0 aromatic carbocycles. The van der Waals surface area contributed by atoms with Crippen molar-refractivity contribution in [3.63, 3.8) is 0 Å². The Morgan fingerprint density at radius 1 is 1.44 bits per heavy atom. The molecule has 1 fully saturated rings. The Labute approximate surface area is 98.7 Å². The molecule has 0 atom stereocenters. The maximum Gasteiger partial charge on any atom is 0.165 e. The molecule has 1 aliphatic carbocycles. The maximum absolute atomic E-state index is 12.2. The Balaban J connectivity index is 2.55. The topological polar surface area (TPSA) is 52.3 Å². The van der Waals surface area contributed by atoms with Gasteiger partial charge in [0.2, 0.25) is 0 Å². The first-order valence-corrected chi connectivity index (χ1v) is 6.35. The van der Waals surface area contributed by atoms with Crippen molar-refractivity contribution in [3.8, 4) is 0 Å². The third kappa shape index (κ3) is 3.29. The molecule has 0 amide bonds. The number of ether oxygens (including phenoxy) is 1. The molecule has 0 bridgehead atoms. The number of carbonyl (C=O) groups is 1. The first-order valence-electron chi connectivity index (χ1n) is 6.35. The monoisotopic (exact) mass is 227 g/mol. The van der Waals surface area contributed by atoms with Crippen LogP contribution in [-0.4, -0.2) is 25.0 Å². The molecule has 2 N–H and O–H groups in total. The van der Waals surface area contributed by atoms with E-state index in [1.807, 2.05) is 13.8 Å². The largest absolute Gasteiger partial charge is 0.371 e. The fourth-order valence-corrected chi connectivity index (χ4v) is 2.31. The molecule has 0 saturated heterocycles. The van der Waals surface area contributed by atoms with Crippen LogP contribution in [0.4, 0.5) is 0 Å². The number of hydrogen-bond acceptors (Lipinski definition) is 3. The second-order valence-electron chi connectivity index (χ2n) is 5.45. The summed E-state index contributed by atoms with van der Waals surface area (Å²) in [7, 11) is 0. The van der Waals surface area contributed by atoms with E-state index < -0.39 is 0 Å². The maximum atomic E-state index is 12.2. The molecule has 0 aliphatic heterocycles. The van der Waals surface area contributed by atoms with E-state index >= 15 is 0 Å². The predicted octanol–water partition coefficient (Wildman–Crippen LogP) is 2.14. The molecule has 1 rings (SSSR count). The summed E-state index contributed by atoms with van der Waals surface area (Å²) in [6, 6.07) is 0. The minimum atomic E-state index is -0.290. The Morgan fingerprint density at radius 3 is 2.44 bits per heavy atom. The molecule has 0 spiro atoms. The van der Waals surface area contributed by atoms with E-state index in [9.17, 15) is 4.79 Å². The summed E-state index contributed by atoms with van der Waals surface area (Å²) < 4.78 is 5.41. The van der Waals surface area contributed by atoms with E-state index in [0.29, 0.717) is 6.54 Å². The van der Waals surface area contributed by atoms with Crippen molar-refractivity contribution in [1.29, 1.82) is 0 Å². The van der Waals surface area contributed by atoms with Crippen LogP contribution < -0.4 is 5.73 Å². The number of hydrogen-bond donors (Lipinski definition) is 1. The molecule has 3 nitrogen and oxygen atoms in total. The number of nitrogens with two attached hydrogens (primary N) is 1. The molecule has 16 heavy (non-hydrogen) atoms. The van der Waals surface area contributed by atoms with Gasteiger partial charge in [0.05, 0.1) is 6.10 Å². The van der Waals surface area contributed by atoms with Crippen molar-refractivity contribution < 1.29 is 9.53 Å². The molecule has 94 valence electrons. The van der Waals surface area contributed by atoms with E-state index in [1.54, 1.807) is 0 Å². The van der Waals surface area contributed by atoms with Gasteiger partial charge in [0, 0.05) is 12.0 Å². The zero-order valence-corrected chi connectivity index (χ0v) is 10.8. The van der Waals surface area contributed by atoms with Gasteiger partial charge >= 0.3 is 0 Å². The fourth-order valence-electron chi connectivity index (χ4n) is 2.31. The Hall–Kier alpha value is -0.410. The molecule has 0 aromatic heterocycles. The van der Waals surface area contributed by atoms with Crippen LogP contribution in [0.1, 0.15) is 46.5 Å². The van der Waals surface area contributed by atoms with Gasteiger partial charge in [-0.3, -0.25) is 4.79 Å². The van der Waals surface area contributed by atoms with Gasteiger partial charge in [-0.2, -0.15) is 0 Å². The van der Waals surface area contributed by atoms with Crippen LogP contribution in [0.5, 0.6) is 0 Å². The number of ketones is 1. The van der Waals surface area contributed by atoms with Crippen LogP contribution in [0.15, 0.2) is 0 Å². The van der Waals surface area contributed by atoms with Gasteiger partial charge in [-0.25, -0.2) is 0 Å². The second kappa shape index (κ2) is 5.78. The molecule has 3 heteroatoms. The molecule has 0 unspecified atom stereocenters. The standard InChI is InChI=1S/C13H25NO2/c1-10(2)16-8-12(15)13(9-14)6-4-11(3)5-7-13/h10-11H,4-9,14H2,1-3H3. The van der Waals surface area contributed by atoms with Gasteiger partial charge in [0.25, 0.3) is 0 Å². The zero-order chi connectivity index (χ0) is 12.2. The van der Waals surface area contributed by atoms with Gasteiger partial charge in [-0.15, -0.1) is 0 Å². The molecule has 0 radical (unpaired) electrons. The van der Waals surface area contributed by atoms with E-state index in [1.165, 1.54) is 0 Å². The lowest BCUT2D eigenvalue weighted by molar-refractivity contribution is -0.136. The summed E-state index contributed by atoms with van der Waals surface area (Å²) in [4.78, 5) is 12.2. The van der Waals surface area contributed by atoms with Gasteiger partial charge in [-0.1, -0.05) is 6.92 Å². The zero-order valence-electron chi connectivity index (χ0n) is 10.8. The summed E-state index contributed by atoms with van der Waals surface area (Å²) >= 11 is 0. The lowest BCUT2D eigenvalue weighted by Crippen LogP contribution is -2.43. The van der Waals surface area contributed by atoms with Crippen LogP contribution in [0, 0.1) is 11.3 Å². The Bertz CT molecular complexity index is 230. The van der Waals surface area contributed by atoms with Crippen molar-refractivity contribution in [3.05, 3.63) is 0 Å². The minimum Gasteiger partial charge on any atom is -0.371 e. The van der Waals surface area contributed by atoms with Crippen molar-refractivity contribution in [2.75, 3.05) is 13.2 Å². The van der Waals surface area contributed by atoms with E-state index in [2.05, 4.69) is 6.92 Å². The van der Waals surface area contributed by atoms with Crippen LogP contribution in [0.3, 0.4) is 0 Å². The molecule has 1 saturated carbocycles. The van der Waals surface area contributed by atoms with Crippen molar-refractivity contribution >= 4 is 5.78 Å². The minimum absolute atomic E-state index is 0.112. The van der Waals surface area contributed by atoms with E-state index in [-0.39, 0.29) is 23.9 Å². The highest BCUT2D eigenvalue weighted by Gasteiger charge is 2.39. The van der Waals surface area contributed by atoms with Crippen molar-refractivity contribution in [2.45, 2.75) is 52.6 Å². The Morgan fingerprint density at radius 2 is 2.00 bits per heavy atom. The molecular weight excluding hydrogens is 202 g/mol. The Kier molecular flexibility index (Phi) is 4.93. The lowest BCUT2D eigenvalue weighted by Gasteiger charge is -2.37. The first kappa shape index (κ1) is 13.7. The molecule has 0 aromatic rings. The molecule has 0 heterocycles. The highest BCUT2D eigenvalue weighted by atomic mass is 16.5. The highest BCUT2D eigenvalue weighted by molar-refractivity contribution is 5.86. The van der Waals surface area contributed by atoms with Crippen LogP contribution in [0.25, 0.3) is 0 Å². The summed E-state index contributed by atoms with van der Waals surface area (Å²) in [5.41, 5.74) is 5.52. The second-order valence-corrected chi connectivity index (χ2v) is 5.45. The van der Waals surface area contributed by atoms with Gasteiger partial charge in [-0.05, 0) is 45.4 Å². The van der Waals surface area contributed by atoms with Gasteiger partial charge in [0.1, 0.15) is 6.61 Å². The summed E-state index contributed by atoms with van der Waals surface area (Å²) in [5, 5.41) is 0. The normalized spacial score (nSPS) is 30.7. The molecular formula is C13H25NO2. The summed E-state index contributed by atoms with van der Waals surface area (Å²) in [6.45, 7) is 6.84. The van der Waals surface area contributed by atoms with E-state index in [0.717, 1.165) is 31.6 Å². The average Bonchev–Trinajstić information content (AvgIpc) is 2.27. The highest BCUT2D eigenvalue weighted by Crippen LogP contribution is 2.38. The van der Waals surface area contributed by atoms with Crippen LogP contribution in [-0.2, 0) is 9.53 Å². The summed E-state index contributed by atoms with van der Waals surface area (Å²) in [5.74, 6) is 0.939. The van der Waals surface area contributed by atoms with Crippen LogP contribution in [0.2, 0.25) is 0 Å². The smallest absolute Gasteiger partial charge is 0.165 e. The van der Waals surface area contributed by atoms with Crippen molar-refractivity contribution in [1.82, 2.24) is 0 Å². The first-order chi connectivity index (χ1) is 7.50. The average molecular weight is 227 g/mol. The molecule has 1 aliphatic rings. The third-order valence-corrected chi connectivity index (χ3v) is 3.76. The number of rotatable bonds is 5. The number of Topliss-reactive ketones (excluding diaryl/α,β-unsaturated/α-hetero) is 1. The lowest BCUT2D eigenvalue weighted by atomic mass is 9.68. The fraction of sp³-hybridized carbons (Fsp3) is 0.923. The van der Waals surface area contributed by atoms with E-state index in [4.69, 9.17) is 10.5 Å². The third-order valence-electron chi connectivity index (χ3n) is 3.76. The van der Waals surface area contributed by atoms with Crippen LogP contribution >= 0.6 is 0 Å². The van der Waals surface area contributed by atoms with Gasteiger partial charge < -0.3 is 10.5 Å². The van der Waals surface area contributed by atoms with Crippen molar-refractivity contribution in [2.24, 2.45) is 17.1 Å².